The van der Waals surface area contributed by atoms with Gasteiger partial charge in [-0.3, -0.25) is 4.79 Å². The summed E-state index contributed by atoms with van der Waals surface area (Å²) in [5.41, 5.74) is 9.47. The van der Waals surface area contributed by atoms with Gasteiger partial charge >= 0.3 is 5.97 Å². The molecule has 5 heteroatoms. The summed E-state index contributed by atoms with van der Waals surface area (Å²) < 4.78 is 0. The Morgan fingerprint density at radius 1 is 0.923 bits per heavy atom. The lowest BCUT2D eigenvalue weighted by molar-refractivity contribution is -0.131. The zero-order chi connectivity index (χ0) is 19.2. The van der Waals surface area contributed by atoms with Gasteiger partial charge in [0.15, 0.2) is 0 Å². The molecule has 140 valence electrons. The van der Waals surface area contributed by atoms with E-state index in [9.17, 15) is 9.59 Å². The van der Waals surface area contributed by atoms with Gasteiger partial charge in [-0.2, -0.15) is 0 Å². The maximum Gasteiger partial charge on any atom is 0.327 e. The summed E-state index contributed by atoms with van der Waals surface area (Å²) in [6.45, 7) is 10.4. The van der Waals surface area contributed by atoms with Crippen molar-refractivity contribution >= 4 is 23.3 Å². The summed E-state index contributed by atoms with van der Waals surface area (Å²) in [6.07, 6.45) is 2.08. The van der Waals surface area contributed by atoms with Gasteiger partial charge in [0.05, 0.1) is 0 Å². The molecule has 2 rings (SSSR count). The van der Waals surface area contributed by atoms with E-state index < -0.39 is 5.97 Å². The minimum atomic E-state index is -0.981. The first-order valence-corrected chi connectivity index (χ1v) is 7.46. The van der Waals surface area contributed by atoms with E-state index in [4.69, 9.17) is 10.8 Å². The van der Waals surface area contributed by atoms with E-state index in [1.165, 1.54) is 17.2 Å². The monoisotopic (exact) mass is 356 g/mol. The molecule has 0 aliphatic carbocycles. The second-order valence-electron chi connectivity index (χ2n) is 5.01. The van der Waals surface area contributed by atoms with Crippen LogP contribution in [0.3, 0.4) is 0 Å². The van der Waals surface area contributed by atoms with Gasteiger partial charge < -0.3 is 16.2 Å². The molecule has 2 aromatic carbocycles. The van der Waals surface area contributed by atoms with Crippen LogP contribution in [0.1, 0.15) is 18.6 Å². The van der Waals surface area contributed by atoms with Crippen molar-refractivity contribution < 1.29 is 14.7 Å². The molecule has 1 amide bonds. The molecular weight excluding hydrogens is 328 g/mol. The zero-order valence-corrected chi connectivity index (χ0v) is 14.5. The normalized spacial score (nSPS) is 8.23. The molecule has 0 spiro atoms. The molecule has 0 aliphatic heterocycles. The van der Waals surface area contributed by atoms with Gasteiger partial charge in [-0.1, -0.05) is 56.0 Å². The van der Waals surface area contributed by atoms with E-state index >= 15 is 0 Å². The molecule has 0 heterocycles. The molecule has 0 atom stereocenters. The second-order valence-corrected chi connectivity index (χ2v) is 5.01. The summed E-state index contributed by atoms with van der Waals surface area (Å²) in [6, 6.07) is 15.4. The van der Waals surface area contributed by atoms with Gasteiger partial charge in [-0.05, 0) is 44.2 Å². The minimum Gasteiger partial charge on any atom is -0.478 e. The molecule has 2 aromatic rings. The van der Waals surface area contributed by atoms with Crippen molar-refractivity contribution in [2.45, 2.75) is 21.3 Å². The first kappa shape index (κ1) is 24.9. The molecule has 0 saturated heterocycles. The SMILES string of the molecule is C.C=CC(=O)Nc1ccc(C)cc1.C=CC(=O)O.Cc1ccc(N)cc1. The molecule has 0 radical (unpaired) electrons. The summed E-state index contributed by atoms with van der Waals surface area (Å²) in [7, 11) is 0. The van der Waals surface area contributed by atoms with Gasteiger partial charge in [0.25, 0.3) is 0 Å². The van der Waals surface area contributed by atoms with Gasteiger partial charge in [-0.25, -0.2) is 4.79 Å². The number of rotatable bonds is 3. The third-order valence-corrected chi connectivity index (χ3v) is 2.76. The number of aryl methyl sites for hydroxylation is 2. The highest BCUT2D eigenvalue weighted by atomic mass is 16.4. The van der Waals surface area contributed by atoms with E-state index in [0.29, 0.717) is 0 Å². The Balaban J connectivity index is 0. The molecule has 5 nitrogen and oxygen atoms in total. The smallest absolute Gasteiger partial charge is 0.327 e. The molecule has 26 heavy (non-hydrogen) atoms. The number of carboxylic acids is 1. The van der Waals surface area contributed by atoms with E-state index in [0.717, 1.165) is 17.5 Å². The number of amides is 1. The Morgan fingerprint density at radius 3 is 1.62 bits per heavy atom. The van der Waals surface area contributed by atoms with E-state index in [-0.39, 0.29) is 13.3 Å². The number of carbonyl (C=O) groups is 2. The first-order chi connectivity index (χ1) is 11.8. The predicted molar refractivity (Wildman–Crippen MR) is 110 cm³/mol. The zero-order valence-electron chi connectivity index (χ0n) is 14.5. The molecule has 4 N–H and O–H groups in total. The highest BCUT2D eigenvalue weighted by Crippen LogP contribution is 2.08. The van der Waals surface area contributed by atoms with E-state index in [1.54, 1.807) is 0 Å². The van der Waals surface area contributed by atoms with Crippen LogP contribution in [0, 0.1) is 13.8 Å². The van der Waals surface area contributed by atoms with Gasteiger partial charge in [0.2, 0.25) is 5.91 Å². The highest BCUT2D eigenvalue weighted by Gasteiger charge is 1.94. The van der Waals surface area contributed by atoms with Crippen LogP contribution >= 0.6 is 0 Å². The Kier molecular flexibility index (Phi) is 13.5. The Hall–Kier alpha value is -3.34. The van der Waals surface area contributed by atoms with Crippen molar-refractivity contribution in [1.29, 1.82) is 0 Å². The van der Waals surface area contributed by atoms with Crippen LogP contribution < -0.4 is 11.1 Å². The lowest BCUT2D eigenvalue weighted by atomic mass is 10.2. The lowest BCUT2D eigenvalue weighted by Gasteiger charge is -2.01. The fourth-order valence-electron chi connectivity index (χ4n) is 1.40. The van der Waals surface area contributed by atoms with Gasteiger partial charge in [0, 0.05) is 17.5 Å². The number of benzene rings is 2. The van der Waals surface area contributed by atoms with Crippen LogP contribution in [0.25, 0.3) is 0 Å². The number of aliphatic carboxylic acids is 1. The summed E-state index contributed by atoms with van der Waals surface area (Å²) in [5, 5.41) is 10.3. The lowest BCUT2D eigenvalue weighted by Crippen LogP contribution is -2.06. The standard InChI is InChI=1S/C10H11NO.C7H9N.C3H4O2.CH4/c1-3-10(12)11-9-6-4-8(2)5-7-9;1-6-2-4-7(8)5-3-6;1-2-3(4)5;/h3-7H,1H2,2H3,(H,11,12);2-5H,8H2,1H3;2H,1H2,(H,4,5);1H4. The largest absolute Gasteiger partial charge is 0.478 e. The average Bonchev–Trinajstić information content (AvgIpc) is 2.60. The fourth-order valence-corrected chi connectivity index (χ4v) is 1.40. The van der Waals surface area contributed by atoms with E-state index in [1.807, 2.05) is 62.4 Å². The summed E-state index contributed by atoms with van der Waals surface area (Å²) in [5.74, 6) is -1.16. The van der Waals surface area contributed by atoms with Crippen LogP contribution in [0.5, 0.6) is 0 Å². The molecule has 0 unspecified atom stereocenters. The summed E-state index contributed by atoms with van der Waals surface area (Å²) >= 11 is 0. The first-order valence-electron chi connectivity index (χ1n) is 7.46. The van der Waals surface area contributed by atoms with Gasteiger partial charge in [0.1, 0.15) is 0 Å². The Labute approximate surface area is 155 Å². The van der Waals surface area contributed by atoms with Gasteiger partial charge in [-0.15, -0.1) is 0 Å². The number of nitrogens with two attached hydrogens (primary N) is 1. The third kappa shape index (κ3) is 13.1. The number of hydrogen-bond acceptors (Lipinski definition) is 3. The molecular formula is C21H28N2O3. The second kappa shape index (κ2) is 14.0. The molecule has 0 saturated carbocycles. The molecule has 0 aliphatic rings. The van der Waals surface area contributed by atoms with Crippen molar-refractivity contribution in [3.63, 3.8) is 0 Å². The molecule has 0 bridgehead atoms. The Morgan fingerprint density at radius 2 is 1.31 bits per heavy atom. The van der Waals surface area contributed by atoms with Crippen molar-refractivity contribution in [3.8, 4) is 0 Å². The maximum absolute atomic E-state index is 10.8. The Bertz CT molecular complexity index is 669. The molecule has 0 aromatic heterocycles. The number of anilines is 2. The fraction of sp³-hybridized carbons (Fsp3) is 0.143. The summed E-state index contributed by atoms with van der Waals surface area (Å²) in [4.78, 5) is 20.1. The number of nitrogens with one attached hydrogen (secondary N) is 1. The topological polar surface area (TPSA) is 92.4 Å². The highest BCUT2D eigenvalue weighted by molar-refractivity contribution is 5.98. The maximum atomic E-state index is 10.8. The van der Waals surface area contributed by atoms with Crippen LogP contribution in [0.2, 0.25) is 0 Å². The number of hydrogen-bond donors (Lipinski definition) is 3. The average molecular weight is 356 g/mol. The number of nitrogen functional groups attached to an aromatic ring is 1. The van der Waals surface area contributed by atoms with Crippen LogP contribution in [-0.4, -0.2) is 17.0 Å². The molecule has 0 fully saturated rings. The van der Waals surface area contributed by atoms with Crippen LogP contribution in [-0.2, 0) is 9.59 Å². The van der Waals surface area contributed by atoms with Crippen molar-refractivity contribution in [2.24, 2.45) is 0 Å². The minimum absolute atomic E-state index is 0. The third-order valence-electron chi connectivity index (χ3n) is 2.76. The number of carbonyl (C=O) groups excluding carboxylic acids is 1. The van der Waals surface area contributed by atoms with E-state index in [2.05, 4.69) is 18.5 Å². The van der Waals surface area contributed by atoms with Crippen LogP contribution in [0.15, 0.2) is 73.8 Å². The predicted octanol–water partition coefficient (Wildman–Crippen LogP) is 4.59. The number of carboxylic acid groups (broad SMARTS) is 1. The van der Waals surface area contributed by atoms with Crippen molar-refractivity contribution in [3.05, 3.63) is 85.0 Å². The van der Waals surface area contributed by atoms with Crippen molar-refractivity contribution in [2.75, 3.05) is 11.1 Å². The van der Waals surface area contributed by atoms with Crippen molar-refractivity contribution in [1.82, 2.24) is 0 Å². The van der Waals surface area contributed by atoms with Crippen LogP contribution in [0.4, 0.5) is 11.4 Å². The quantitative estimate of drug-likeness (QED) is 0.554.